The molecule has 0 radical (unpaired) electrons. The van der Waals surface area contributed by atoms with Crippen LogP contribution in [0.1, 0.15) is 78.1 Å². The first-order valence-corrected chi connectivity index (χ1v) is 10.1. The van der Waals surface area contributed by atoms with Gasteiger partial charge in [0.25, 0.3) is 0 Å². The molecular formula is C19H32N3O2+. The molecule has 0 aromatic carbocycles. The van der Waals surface area contributed by atoms with Crippen molar-refractivity contribution in [2.75, 3.05) is 0 Å². The first-order valence-electron chi connectivity index (χ1n) is 10.1. The highest BCUT2D eigenvalue weighted by Crippen LogP contribution is 2.42. The molecule has 6 atom stereocenters. The second kappa shape index (κ2) is 5.34. The molecule has 3 saturated heterocycles. The lowest BCUT2D eigenvalue weighted by atomic mass is 9.89. The Balaban J connectivity index is 1.46. The fourth-order valence-corrected chi connectivity index (χ4v) is 6.02. The van der Waals surface area contributed by atoms with Crippen molar-refractivity contribution in [3.63, 3.8) is 0 Å². The summed E-state index contributed by atoms with van der Waals surface area (Å²) in [6.07, 6.45) is 12.7. The van der Waals surface area contributed by atoms with Crippen molar-refractivity contribution in [3.8, 4) is 0 Å². The van der Waals surface area contributed by atoms with E-state index in [-0.39, 0.29) is 11.4 Å². The van der Waals surface area contributed by atoms with Gasteiger partial charge in [0.05, 0.1) is 24.3 Å². The number of rotatable bonds is 0. The third-order valence-electron chi connectivity index (χ3n) is 6.94. The van der Waals surface area contributed by atoms with E-state index in [4.69, 9.17) is 9.47 Å². The highest BCUT2D eigenvalue weighted by atomic mass is 16.5. The standard InChI is InChI=1S/C19H31N3O2/c1-13-5-3-9-18(23-13)11-15-7-8-16-12-19(10-4-6-14(2)24-19)21-17(20-18)22(15)16/h13-16H,3-12H2,1-2H3,(H,20,21)/p+1/t13-,14-,15-,16-,18-,19-/m1/s1. The van der Waals surface area contributed by atoms with Crippen LogP contribution in [0.25, 0.3) is 0 Å². The number of nitrogens with one attached hydrogen (secondary N) is 2. The maximum absolute atomic E-state index is 6.47. The van der Waals surface area contributed by atoms with Gasteiger partial charge >= 0.3 is 5.96 Å². The van der Waals surface area contributed by atoms with Gasteiger partial charge in [-0.15, -0.1) is 0 Å². The molecule has 2 N–H and O–H groups in total. The summed E-state index contributed by atoms with van der Waals surface area (Å²) in [5.41, 5.74) is -0.316. The Morgan fingerprint density at radius 3 is 1.79 bits per heavy atom. The van der Waals surface area contributed by atoms with Crippen LogP contribution in [0.4, 0.5) is 0 Å². The first-order chi connectivity index (χ1) is 11.6. The largest absolute Gasteiger partial charge is 0.350 e. The minimum atomic E-state index is -0.158. The number of nitrogens with zero attached hydrogens (tertiary/aromatic N) is 1. The summed E-state index contributed by atoms with van der Waals surface area (Å²) in [5, 5.41) is 7.64. The summed E-state index contributed by atoms with van der Waals surface area (Å²) in [5.74, 6) is 1.20. The molecule has 134 valence electrons. The molecule has 0 amide bonds. The second-order valence-corrected chi connectivity index (χ2v) is 8.93. The lowest BCUT2D eigenvalue weighted by Gasteiger charge is -2.48. The molecule has 24 heavy (non-hydrogen) atoms. The van der Waals surface area contributed by atoms with Crippen molar-refractivity contribution in [1.82, 2.24) is 10.6 Å². The third-order valence-corrected chi connectivity index (χ3v) is 6.94. The molecule has 0 aromatic rings. The normalized spacial score (nSPS) is 50.6. The van der Waals surface area contributed by atoms with Gasteiger partial charge in [-0.3, -0.25) is 4.58 Å². The summed E-state index contributed by atoms with van der Waals surface area (Å²) >= 11 is 0. The predicted molar refractivity (Wildman–Crippen MR) is 91.8 cm³/mol. The van der Waals surface area contributed by atoms with Crippen LogP contribution in [0, 0.1) is 0 Å². The van der Waals surface area contributed by atoms with Gasteiger partial charge in [0.15, 0.2) is 11.4 Å². The number of hydrogen-bond acceptors (Lipinski definition) is 4. The number of guanidine groups is 1. The summed E-state index contributed by atoms with van der Waals surface area (Å²) in [6, 6.07) is 1.25. The van der Waals surface area contributed by atoms with E-state index < -0.39 is 0 Å². The summed E-state index contributed by atoms with van der Waals surface area (Å²) in [6.45, 7) is 4.44. The fraction of sp³-hybridized carbons (Fsp3) is 0.947. The van der Waals surface area contributed by atoms with Crippen molar-refractivity contribution in [2.45, 2.75) is 114 Å². The quantitative estimate of drug-likeness (QED) is 0.668. The number of hydrogen-bond donors (Lipinski definition) is 2. The van der Waals surface area contributed by atoms with Gasteiger partial charge in [0, 0.05) is 25.7 Å². The number of ether oxygens (including phenoxy) is 2. The lowest BCUT2D eigenvalue weighted by Crippen LogP contribution is -2.72. The zero-order valence-corrected chi connectivity index (χ0v) is 15.1. The van der Waals surface area contributed by atoms with Crippen LogP contribution >= 0.6 is 0 Å². The summed E-state index contributed by atoms with van der Waals surface area (Å²) < 4.78 is 15.6. The molecule has 0 bridgehead atoms. The zero-order valence-electron chi connectivity index (χ0n) is 15.1. The Morgan fingerprint density at radius 1 is 0.833 bits per heavy atom. The van der Waals surface area contributed by atoms with Crippen molar-refractivity contribution in [1.29, 1.82) is 0 Å². The second-order valence-electron chi connectivity index (χ2n) is 8.93. The molecule has 0 saturated carbocycles. The molecular weight excluding hydrogens is 302 g/mol. The Hall–Kier alpha value is -0.810. The van der Waals surface area contributed by atoms with Crippen LogP contribution in [0.5, 0.6) is 0 Å². The zero-order chi connectivity index (χ0) is 16.4. The van der Waals surface area contributed by atoms with E-state index in [1.54, 1.807) is 0 Å². The van der Waals surface area contributed by atoms with E-state index in [1.165, 1.54) is 44.5 Å². The van der Waals surface area contributed by atoms with Crippen LogP contribution in [-0.2, 0) is 9.47 Å². The maximum Gasteiger partial charge on any atom is 0.350 e. The molecule has 5 heterocycles. The van der Waals surface area contributed by atoms with Gasteiger partial charge in [-0.05, 0) is 52.4 Å². The summed E-state index contributed by atoms with van der Waals surface area (Å²) in [4.78, 5) is 0. The molecule has 5 rings (SSSR count). The fourth-order valence-electron chi connectivity index (χ4n) is 6.02. The minimum Gasteiger partial charge on any atom is -0.340 e. The molecule has 3 fully saturated rings. The van der Waals surface area contributed by atoms with Crippen LogP contribution in [0.3, 0.4) is 0 Å². The van der Waals surface area contributed by atoms with Crippen molar-refractivity contribution < 1.29 is 14.0 Å². The first kappa shape index (κ1) is 15.4. The topological polar surface area (TPSA) is 45.5 Å². The Labute approximate surface area is 145 Å². The Morgan fingerprint density at radius 2 is 1.33 bits per heavy atom. The van der Waals surface area contributed by atoms with Gasteiger partial charge < -0.3 is 9.47 Å². The van der Waals surface area contributed by atoms with E-state index in [0.29, 0.717) is 24.3 Å². The molecule has 0 aliphatic carbocycles. The van der Waals surface area contributed by atoms with Crippen LogP contribution < -0.4 is 10.6 Å². The van der Waals surface area contributed by atoms with Gasteiger partial charge in [-0.1, -0.05) is 0 Å². The monoisotopic (exact) mass is 334 g/mol. The van der Waals surface area contributed by atoms with Crippen molar-refractivity contribution >= 4 is 5.96 Å². The third kappa shape index (κ3) is 2.38. The van der Waals surface area contributed by atoms with Gasteiger partial charge in [0.1, 0.15) is 0 Å². The van der Waals surface area contributed by atoms with E-state index in [0.717, 1.165) is 25.7 Å². The average molecular weight is 334 g/mol. The van der Waals surface area contributed by atoms with E-state index in [2.05, 4.69) is 29.1 Å². The Bertz CT molecular complexity index is 519. The van der Waals surface area contributed by atoms with E-state index >= 15 is 0 Å². The van der Waals surface area contributed by atoms with Crippen LogP contribution in [-0.4, -0.2) is 46.3 Å². The maximum atomic E-state index is 6.47. The highest BCUT2D eigenvalue weighted by molar-refractivity contribution is 5.77. The molecule has 2 spiro atoms. The van der Waals surface area contributed by atoms with Gasteiger partial charge in [-0.25, -0.2) is 10.6 Å². The van der Waals surface area contributed by atoms with E-state index in [9.17, 15) is 0 Å². The van der Waals surface area contributed by atoms with Crippen molar-refractivity contribution in [2.24, 2.45) is 0 Å². The average Bonchev–Trinajstić information content (AvgIpc) is 2.89. The molecule has 0 aromatic heterocycles. The molecule has 0 unspecified atom stereocenters. The van der Waals surface area contributed by atoms with E-state index in [1.807, 2.05) is 0 Å². The van der Waals surface area contributed by atoms with Gasteiger partial charge in [-0.2, -0.15) is 0 Å². The molecule has 5 heteroatoms. The SMILES string of the molecule is C[C@@H]1CCC[C@]2(C[C@H]3CC[C@@H]4C[C@]5(CCC[C@@H](C)O5)NC(=[N+]34)N2)O1. The van der Waals surface area contributed by atoms with Gasteiger partial charge in [0.2, 0.25) is 0 Å². The lowest BCUT2D eigenvalue weighted by molar-refractivity contribution is -0.603. The minimum absolute atomic E-state index is 0.158. The van der Waals surface area contributed by atoms with Crippen LogP contribution in [0.2, 0.25) is 0 Å². The molecule has 5 aliphatic rings. The Kier molecular flexibility index (Phi) is 3.44. The van der Waals surface area contributed by atoms with Crippen LogP contribution in [0.15, 0.2) is 0 Å². The summed E-state index contributed by atoms with van der Waals surface area (Å²) in [7, 11) is 0. The predicted octanol–water partition coefficient (Wildman–Crippen LogP) is 2.44. The highest BCUT2D eigenvalue weighted by Gasteiger charge is 2.57. The van der Waals surface area contributed by atoms with Crippen molar-refractivity contribution in [3.05, 3.63) is 0 Å². The smallest absolute Gasteiger partial charge is 0.340 e. The molecule has 5 nitrogen and oxygen atoms in total. The molecule has 5 aliphatic heterocycles.